The molecule has 2 rings (SSSR count). The molecule has 0 saturated heterocycles. The maximum Gasteiger partial charge on any atom is 0.224 e. The highest BCUT2D eigenvalue weighted by atomic mass is 35.5. The van der Waals surface area contributed by atoms with E-state index in [0.29, 0.717) is 29.6 Å². The minimum absolute atomic E-state index is 0.0782. The maximum absolute atomic E-state index is 12.1. The lowest BCUT2D eigenvalue weighted by Crippen LogP contribution is -2.27. The van der Waals surface area contributed by atoms with Gasteiger partial charge in [0.25, 0.3) is 0 Å². The van der Waals surface area contributed by atoms with Crippen LogP contribution < -0.4 is 5.32 Å². The third-order valence-electron chi connectivity index (χ3n) is 3.27. The monoisotopic (exact) mass is 336 g/mol. The summed E-state index contributed by atoms with van der Waals surface area (Å²) in [5, 5.41) is 4.34. The Morgan fingerprint density at radius 3 is 2.59 bits per heavy atom. The van der Waals surface area contributed by atoms with Crippen molar-refractivity contribution in [2.45, 2.75) is 13.0 Å². The van der Waals surface area contributed by atoms with Crippen LogP contribution in [0.3, 0.4) is 0 Å². The Morgan fingerprint density at radius 1 is 1.14 bits per heavy atom. The Kier molecular flexibility index (Phi) is 6.10. The van der Waals surface area contributed by atoms with Gasteiger partial charge in [-0.2, -0.15) is 0 Å². The van der Waals surface area contributed by atoms with Crippen molar-refractivity contribution in [1.82, 2.24) is 4.90 Å². The molecule has 2 aromatic carbocycles. The molecule has 5 heteroatoms. The van der Waals surface area contributed by atoms with Gasteiger partial charge in [-0.3, -0.25) is 4.79 Å². The van der Waals surface area contributed by atoms with Crippen LogP contribution in [0.1, 0.15) is 12.0 Å². The first-order chi connectivity index (χ1) is 10.6. The fourth-order valence-electron chi connectivity index (χ4n) is 2.07. The predicted molar refractivity (Wildman–Crippen MR) is 92.5 cm³/mol. The Morgan fingerprint density at radius 2 is 1.86 bits per heavy atom. The Bertz CT molecular complexity index is 632. The van der Waals surface area contributed by atoms with Crippen LogP contribution in [-0.2, 0) is 11.3 Å². The number of anilines is 1. The van der Waals surface area contributed by atoms with Crippen molar-refractivity contribution in [3.05, 3.63) is 64.1 Å². The van der Waals surface area contributed by atoms with Gasteiger partial charge in [0.1, 0.15) is 0 Å². The van der Waals surface area contributed by atoms with E-state index in [-0.39, 0.29) is 5.91 Å². The highest BCUT2D eigenvalue weighted by Gasteiger charge is 2.09. The van der Waals surface area contributed by atoms with Gasteiger partial charge in [0, 0.05) is 31.6 Å². The highest BCUT2D eigenvalue weighted by molar-refractivity contribution is 6.35. The van der Waals surface area contributed by atoms with Crippen molar-refractivity contribution >= 4 is 34.8 Å². The van der Waals surface area contributed by atoms with E-state index in [1.54, 1.807) is 23.1 Å². The van der Waals surface area contributed by atoms with Crippen LogP contribution in [0.4, 0.5) is 5.69 Å². The summed E-state index contributed by atoms with van der Waals surface area (Å²) in [6.07, 6.45) is 0.395. The molecule has 0 heterocycles. The number of benzene rings is 2. The van der Waals surface area contributed by atoms with Crippen molar-refractivity contribution < 1.29 is 4.79 Å². The summed E-state index contributed by atoms with van der Waals surface area (Å²) in [6.45, 7) is 1.12. The normalized spacial score (nSPS) is 10.3. The molecule has 116 valence electrons. The number of halogens is 2. The second-order valence-corrected chi connectivity index (χ2v) is 5.88. The molecule has 1 amide bonds. The van der Waals surface area contributed by atoms with Gasteiger partial charge in [-0.05, 0) is 23.8 Å². The number of rotatable bonds is 6. The Balaban J connectivity index is 1.81. The summed E-state index contributed by atoms with van der Waals surface area (Å²) in [4.78, 5) is 13.8. The summed E-state index contributed by atoms with van der Waals surface area (Å²) in [6, 6.07) is 15.1. The number of amides is 1. The molecule has 0 radical (unpaired) electrons. The van der Waals surface area contributed by atoms with E-state index in [1.807, 2.05) is 37.4 Å². The van der Waals surface area contributed by atoms with E-state index in [4.69, 9.17) is 23.2 Å². The molecular formula is C17H18Cl2N2O. The maximum atomic E-state index is 12.1. The summed E-state index contributed by atoms with van der Waals surface area (Å²) in [5.74, 6) is 0.0782. The quantitative estimate of drug-likeness (QED) is 0.844. The van der Waals surface area contributed by atoms with E-state index in [2.05, 4.69) is 5.32 Å². The van der Waals surface area contributed by atoms with E-state index in [1.165, 1.54) is 0 Å². The fraction of sp³-hybridized carbons (Fsp3) is 0.235. The average molecular weight is 337 g/mol. The van der Waals surface area contributed by atoms with Crippen LogP contribution in [0.2, 0.25) is 10.0 Å². The standard InChI is InChI=1S/C17H18Cl2N2O/c1-21(12-13-5-3-2-4-6-13)17(22)9-10-20-16-11-14(18)7-8-15(16)19/h2-8,11,20H,9-10,12H2,1H3. The molecule has 0 aliphatic carbocycles. The van der Waals surface area contributed by atoms with Gasteiger partial charge in [0.2, 0.25) is 5.91 Å². The van der Waals surface area contributed by atoms with Crippen LogP contribution >= 0.6 is 23.2 Å². The molecule has 0 aromatic heterocycles. The minimum atomic E-state index is 0.0782. The molecule has 0 atom stereocenters. The molecular weight excluding hydrogens is 319 g/mol. The molecule has 0 aliphatic heterocycles. The van der Waals surface area contributed by atoms with Crippen molar-refractivity contribution in [3.63, 3.8) is 0 Å². The zero-order valence-electron chi connectivity index (χ0n) is 12.4. The summed E-state index contributed by atoms with van der Waals surface area (Å²) in [7, 11) is 1.81. The zero-order valence-corrected chi connectivity index (χ0v) is 13.9. The fourth-order valence-corrected chi connectivity index (χ4v) is 2.43. The summed E-state index contributed by atoms with van der Waals surface area (Å²) >= 11 is 12.0. The molecule has 1 N–H and O–H groups in total. The molecule has 2 aromatic rings. The molecule has 0 fully saturated rings. The van der Waals surface area contributed by atoms with Crippen molar-refractivity contribution in [3.8, 4) is 0 Å². The number of nitrogens with one attached hydrogen (secondary N) is 1. The molecule has 0 saturated carbocycles. The number of hydrogen-bond acceptors (Lipinski definition) is 2. The molecule has 0 spiro atoms. The lowest BCUT2D eigenvalue weighted by Gasteiger charge is -2.18. The SMILES string of the molecule is CN(Cc1ccccc1)C(=O)CCNc1cc(Cl)ccc1Cl. The molecule has 0 bridgehead atoms. The number of carbonyl (C=O) groups excluding carboxylic acids is 1. The second kappa shape index (κ2) is 8.06. The predicted octanol–water partition coefficient (Wildman–Crippen LogP) is 4.45. The third kappa shape index (κ3) is 4.93. The molecule has 0 aliphatic rings. The Hall–Kier alpha value is -1.71. The minimum Gasteiger partial charge on any atom is -0.383 e. The number of carbonyl (C=O) groups is 1. The molecule has 3 nitrogen and oxygen atoms in total. The van der Waals surface area contributed by atoms with Gasteiger partial charge in [-0.15, -0.1) is 0 Å². The van der Waals surface area contributed by atoms with Crippen molar-refractivity contribution in [1.29, 1.82) is 0 Å². The average Bonchev–Trinajstić information content (AvgIpc) is 2.51. The van der Waals surface area contributed by atoms with E-state index >= 15 is 0 Å². The first-order valence-corrected chi connectivity index (χ1v) is 7.78. The van der Waals surface area contributed by atoms with Gasteiger partial charge in [-0.25, -0.2) is 0 Å². The van der Waals surface area contributed by atoms with Gasteiger partial charge in [0.05, 0.1) is 10.7 Å². The topological polar surface area (TPSA) is 32.3 Å². The van der Waals surface area contributed by atoms with Crippen LogP contribution in [0.25, 0.3) is 0 Å². The van der Waals surface area contributed by atoms with E-state index in [0.717, 1.165) is 11.3 Å². The van der Waals surface area contributed by atoms with Crippen LogP contribution in [0.5, 0.6) is 0 Å². The lowest BCUT2D eigenvalue weighted by atomic mass is 10.2. The van der Waals surface area contributed by atoms with Crippen LogP contribution in [-0.4, -0.2) is 24.4 Å². The molecule has 22 heavy (non-hydrogen) atoms. The Labute approximate surface area is 140 Å². The zero-order chi connectivity index (χ0) is 15.9. The third-order valence-corrected chi connectivity index (χ3v) is 3.84. The van der Waals surface area contributed by atoms with Crippen molar-refractivity contribution in [2.75, 3.05) is 18.9 Å². The summed E-state index contributed by atoms with van der Waals surface area (Å²) in [5.41, 5.74) is 1.86. The van der Waals surface area contributed by atoms with E-state index < -0.39 is 0 Å². The lowest BCUT2D eigenvalue weighted by molar-refractivity contribution is -0.130. The van der Waals surface area contributed by atoms with Gasteiger partial charge < -0.3 is 10.2 Å². The number of nitrogens with zero attached hydrogens (tertiary/aromatic N) is 1. The second-order valence-electron chi connectivity index (χ2n) is 5.04. The van der Waals surface area contributed by atoms with Gasteiger partial charge >= 0.3 is 0 Å². The molecule has 0 unspecified atom stereocenters. The first kappa shape index (κ1) is 16.7. The van der Waals surface area contributed by atoms with Crippen molar-refractivity contribution in [2.24, 2.45) is 0 Å². The largest absolute Gasteiger partial charge is 0.383 e. The van der Waals surface area contributed by atoms with Gasteiger partial charge in [-0.1, -0.05) is 53.5 Å². The highest BCUT2D eigenvalue weighted by Crippen LogP contribution is 2.25. The summed E-state index contributed by atoms with van der Waals surface area (Å²) < 4.78 is 0. The van der Waals surface area contributed by atoms with Gasteiger partial charge in [0.15, 0.2) is 0 Å². The van der Waals surface area contributed by atoms with E-state index in [9.17, 15) is 4.79 Å². The first-order valence-electron chi connectivity index (χ1n) is 7.03. The smallest absolute Gasteiger partial charge is 0.224 e. The number of hydrogen-bond donors (Lipinski definition) is 1. The van der Waals surface area contributed by atoms with Crippen LogP contribution in [0, 0.1) is 0 Å². The van der Waals surface area contributed by atoms with Crippen LogP contribution in [0.15, 0.2) is 48.5 Å².